The normalized spacial score (nSPS) is 17.8. The Bertz CT molecular complexity index is 858. The SMILES string of the molecule is CC(C)(C)OC(=O)NC(Cc1ccccc1)C(=O)N1CCCC1CNS(=O)(=O)CCCBr. The van der Waals surface area contributed by atoms with Crippen LogP contribution in [0.5, 0.6) is 0 Å². The molecule has 0 radical (unpaired) electrons. The molecule has 10 heteroatoms. The second-order valence-electron chi connectivity index (χ2n) is 8.93. The van der Waals surface area contributed by atoms with Gasteiger partial charge in [-0.1, -0.05) is 46.3 Å². The fourth-order valence-corrected chi connectivity index (χ4v) is 5.34. The Hall–Kier alpha value is -1.65. The van der Waals surface area contributed by atoms with Crippen LogP contribution in [0.15, 0.2) is 30.3 Å². The number of alkyl halides is 1. The number of amides is 2. The van der Waals surface area contributed by atoms with E-state index in [1.165, 1.54) is 0 Å². The molecule has 32 heavy (non-hydrogen) atoms. The number of benzene rings is 1. The van der Waals surface area contributed by atoms with Crippen molar-refractivity contribution in [2.24, 2.45) is 0 Å². The second kappa shape index (κ2) is 12.0. The molecular formula is C22H34BrN3O5S. The van der Waals surface area contributed by atoms with Crippen LogP contribution in [0, 0.1) is 0 Å². The molecule has 1 aromatic rings. The summed E-state index contributed by atoms with van der Waals surface area (Å²) >= 11 is 3.24. The largest absolute Gasteiger partial charge is 0.444 e. The molecule has 0 aliphatic carbocycles. The van der Waals surface area contributed by atoms with E-state index in [1.54, 1.807) is 25.7 Å². The Morgan fingerprint density at radius 2 is 1.94 bits per heavy atom. The summed E-state index contributed by atoms with van der Waals surface area (Å²) in [6.07, 6.45) is 1.67. The molecule has 1 fully saturated rings. The fraction of sp³-hybridized carbons (Fsp3) is 0.636. The van der Waals surface area contributed by atoms with Crippen molar-refractivity contribution in [3.05, 3.63) is 35.9 Å². The highest BCUT2D eigenvalue weighted by atomic mass is 79.9. The monoisotopic (exact) mass is 531 g/mol. The number of ether oxygens (including phenoxy) is 1. The maximum Gasteiger partial charge on any atom is 0.408 e. The van der Waals surface area contributed by atoms with Gasteiger partial charge in [-0.2, -0.15) is 0 Å². The number of nitrogens with zero attached hydrogens (tertiary/aromatic N) is 1. The van der Waals surface area contributed by atoms with Gasteiger partial charge in [0.05, 0.1) is 5.75 Å². The second-order valence-corrected chi connectivity index (χ2v) is 11.6. The first-order valence-corrected chi connectivity index (χ1v) is 13.7. The Morgan fingerprint density at radius 1 is 1.25 bits per heavy atom. The summed E-state index contributed by atoms with van der Waals surface area (Å²) in [5, 5.41) is 3.33. The molecule has 2 rings (SSSR count). The van der Waals surface area contributed by atoms with Crippen molar-refractivity contribution < 1.29 is 22.7 Å². The van der Waals surface area contributed by atoms with E-state index in [4.69, 9.17) is 4.74 Å². The summed E-state index contributed by atoms with van der Waals surface area (Å²) < 4.78 is 32.3. The van der Waals surface area contributed by atoms with Crippen LogP contribution in [-0.2, 0) is 26.0 Å². The third-order valence-corrected chi connectivity index (χ3v) is 7.01. The number of halogens is 1. The van der Waals surface area contributed by atoms with Crippen LogP contribution < -0.4 is 10.0 Å². The quantitative estimate of drug-likeness (QED) is 0.451. The van der Waals surface area contributed by atoms with E-state index >= 15 is 0 Å². The van der Waals surface area contributed by atoms with Crippen molar-refractivity contribution >= 4 is 38.0 Å². The third kappa shape index (κ3) is 9.07. The number of nitrogens with one attached hydrogen (secondary N) is 2. The Balaban J connectivity index is 2.11. The minimum atomic E-state index is -3.40. The molecule has 0 spiro atoms. The lowest BCUT2D eigenvalue weighted by molar-refractivity contribution is -0.134. The summed E-state index contributed by atoms with van der Waals surface area (Å²) in [6, 6.07) is 8.39. The zero-order valence-electron chi connectivity index (χ0n) is 19.0. The summed E-state index contributed by atoms with van der Waals surface area (Å²) in [4.78, 5) is 27.5. The fourth-order valence-electron chi connectivity index (χ4n) is 3.58. The molecule has 2 amide bonds. The van der Waals surface area contributed by atoms with Crippen molar-refractivity contribution in [1.82, 2.24) is 14.9 Å². The maximum atomic E-state index is 13.4. The lowest BCUT2D eigenvalue weighted by atomic mass is 10.0. The van der Waals surface area contributed by atoms with Crippen molar-refractivity contribution in [3.8, 4) is 0 Å². The van der Waals surface area contributed by atoms with Crippen LogP contribution in [0.4, 0.5) is 4.79 Å². The molecule has 0 saturated carbocycles. The highest BCUT2D eigenvalue weighted by Gasteiger charge is 2.35. The minimum Gasteiger partial charge on any atom is -0.444 e. The van der Waals surface area contributed by atoms with Gasteiger partial charge in [0.25, 0.3) is 0 Å². The van der Waals surface area contributed by atoms with Gasteiger partial charge in [-0.3, -0.25) is 4.79 Å². The lowest BCUT2D eigenvalue weighted by Gasteiger charge is -2.30. The summed E-state index contributed by atoms with van der Waals surface area (Å²) in [7, 11) is -3.40. The lowest BCUT2D eigenvalue weighted by Crippen LogP contribution is -2.53. The molecule has 1 aliphatic heterocycles. The van der Waals surface area contributed by atoms with Gasteiger partial charge in [0, 0.05) is 30.9 Å². The van der Waals surface area contributed by atoms with Crippen molar-refractivity contribution in [3.63, 3.8) is 0 Å². The van der Waals surface area contributed by atoms with Gasteiger partial charge in [0.15, 0.2) is 0 Å². The van der Waals surface area contributed by atoms with Crippen LogP contribution in [0.3, 0.4) is 0 Å². The summed E-state index contributed by atoms with van der Waals surface area (Å²) in [5.74, 6) is -0.197. The zero-order chi connectivity index (χ0) is 23.8. The first kappa shape index (κ1) is 26.6. The van der Waals surface area contributed by atoms with Crippen molar-refractivity contribution in [2.75, 3.05) is 24.2 Å². The molecule has 8 nitrogen and oxygen atoms in total. The van der Waals surface area contributed by atoms with Gasteiger partial charge in [0.1, 0.15) is 11.6 Å². The van der Waals surface area contributed by atoms with Crippen molar-refractivity contribution in [2.45, 2.75) is 64.1 Å². The number of hydrogen-bond donors (Lipinski definition) is 2. The number of carbonyl (C=O) groups excluding carboxylic acids is 2. The van der Waals surface area contributed by atoms with E-state index < -0.39 is 27.8 Å². The molecule has 180 valence electrons. The Morgan fingerprint density at radius 3 is 2.56 bits per heavy atom. The molecule has 1 saturated heterocycles. The predicted octanol–water partition coefficient (Wildman–Crippen LogP) is 2.82. The van der Waals surface area contributed by atoms with Crippen LogP contribution in [0.2, 0.25) is 0 Å². The number of carbonyl (C=O) groups is 2. The molecule has 0 aromatic heterocycles. The number of likely N-dealkylation sites (tertiary alicyclic amines) is 1. The van der Waals surface area contributed by atoms with Crippen molar-refractivity contribution in [1.29, 1.82) is 0 Å². The third-order valence-electron chi connectivity index (χ3n) is 5.02. The molecule has 1 heterocycles. The average Bonchev–Trinajstić information content (AvgIpc) is 3.18. The van der Waals surface area contributed by atoms with Gasteiger partial charge in [-0.15, -0.1) is 0 Å². The first-order chi connectivity index (χ1) is 15.0. The highest BCUT2D eigenvalue weighted by molar-refractivity contribution is 9.09. The molecule has 1 aromatic carbocycles. The minimum absolute atomic E-state index is 0.0374. The number of alkyl carbamates (subject to hydrolysis) is 1. The maximum absolute atomic E-state index is 13.4. The van der Waals surface area contributed by atoms with Gasteiger partial charge in [-0.25, -0.2) is 17.9 Å². The smallest absolute Gasteiger partial charge is 0.408 e. The number of hydrogen-bond acceptors (Lipinski definition) is 5. The standard InChI is InChI=1S/C22H34BrN3O5S/c1-22(2,3)31-21(28)25-19(15-17-9-5-4-6-10-17)20(27)26-13-7-11-18(26)16-24-32(29,30)14-8-12-23/h4-6,9-10,18-19,24H,7-8,11-16H2,1-3H3,(H,25,28). The van der Waals surface area contributed by atoms with Crippen LogP contribution in [0.25, 0.3) is 0 Å². The highest BCUT2D eigenvalue weighted by Crippen LogP contribution is 2.20. The van der Waals surface area contributed by atoms with E-state index in [9.17, 15) is 18.0 Å². The molecular weight excluding hydrogens is 498 g/mol. The molecule has 2 unspecified atom stereocenters. The van der Waals surface area contributed by atoms with E-state index in [0.717, 1.165) is 12.0 Å². The first-order valence-electron chi connectivity index (χ1n) is 10.9. The Labute approximate surface area is 199 Å². The van der Waals surface area contributed by atoms with Crippen LogP contribution >= 0.6 is 15.9 Å². The summed E-state index contributed by atoms with van der Waals surface area (Å²) in [6.45, 7) is 5.98. The molecule has 2 atom stereocenters. The average molecular weight is 533 g/mol. The zero-order valence-corrected chi connectivity index (χ0v) is 21.4. The number of rotatable bonds is 10. The van der Waals surface area contributed by atoms with Gasteiger partial charge in [0.2, 0.25) is 15.9 Å². The predicted molar refractivity (Wildman–Crippen MR) is 128 cm³/mol. The van der Waals surface area contributed by atoms with E-state index in [2.05, 4.69) is 26.0 Å². The van der Waals surface area contributed by atoms with E-state index in [-0.39, 0.29) is 24.2 Å². The number of sulfonamides is 1. The molecule has 0 bridgehead atoms. The molecule has 1 aliphatic rings. The van der Waals surface area contributed by atoms with Crippen LogP contribution in [-0.4, -0.2) is 67.2 Å². The van der Waals surface area contributed by atoms with E-state index in [0.29, 0.717) is 31.1 Å². The van der Waals surface area contributed by atoms with Gasteiger partial charge in [-0.05, 0) is 45.6 Å². The molecule has 2 N–H and O–H groups in total. The van der Waals surface area contributed by atoms with Gasteiger partial charge < -0.3 is 15.0 Å². The summed E-state index contributed by atoms with van der Waals surface area (Å²) in [5.41, 5.74) is 0.224. The Kier molecular flexibility index (Phi) is 9.97. The van der Waals surface area contributed by atoms with Crippen LogP contribution in [0.1, 0.15) is 45.6 Å². The topological polar surface area (TPSA) is 105 Å². The van der Waals surface area contributed by atoms with E-state index in [1.807, 2.05) is 30.3 Å². The van der Waals surface area contributed by atoms with Gasteiger partial charge >= 0.3 is 6.09 Å².